The summed E-state index contributed by atoms with van der Waals surface area (Å²) in [6, 6.07) is 4.63. The Kier molecular flexibility index (Phi) is 5.88. The summed E-state index contributed by atoms with van der Waals surface area (Å²) in [7, 11) is 0. The Labute approximate surface area is 184 Å². The molecule has 9 nitrogen and oxygen atoms in total. The zero-order chi connectivity index (χ0) is 21.1. The van der Waals surface area contributed by atoms with E-state index in [9.17, 15) is 10.1 Å². The zero-order valence-electron chi connectivity index (χ0n) is 15.2. The summed E-state index contributed by atoms with van der Waals surface area (Å²) < 4.78 is 0.566. The van der Waals surface area contributed by atoms with Crippen molar-refractivity contribution >= 4 is 46.0 Å². The summed E-state index contributed by atoms with van der Waals surface area (Å²) >= 11 is 13.8. The van der Waals surface area contributed by atoms with E-state index < -0.39 is 4.92 Å². The minimum Gasteiger partial charge on any atom is -0.370 e. The highest BCUT2D eigenvalue weighted by Crippen LogP contribution is 2.41. The van der Waals surface area contributed by atoms with Gasteiger partial charge in [-0.2, -0.15) is 0 Å². The Morgan fingerprint density at radius 3 is 2.70 bits per heavy atom. The van der Waals surface area contributed by atoms with E-state index in [1.165, 1.54) is 23.6 Å². The minimum atomic E-state index is -0.491. The van der Waals surface area contributed by atoms with Gasteiger partial charge in [0, 0.05) is 30.8 Å². The van der Waals surface area contributed by atoms with Crippen molar-refractivity contribution in [3.63, 3.8) is 0 Å². The molecule has 0 amide bonds. The highest BCUT2D eigenvalue weighted by atomic mass is 35.5. The molecule has 0 aliphatic heterocycles. The number of nitrogens with zero attached hydrogens (tertiary/aromatic N) is 5. The number of nitro groups is 1. The third kappa shape index (κ3) is 4.40. The van der Waals surface area contributed by atoms with Crippen LogP contribution in [0.5, 0.6) is 0 Å². The van der Waals surface area contributed by atoms with Crippen LogP contribution in [0.1, 0.15) is 5.82 Å². The molecule has 0 fully saturated rings. The van der Waals surface area contributed by atoms with Crippen LogP contribution >= 0.6 is 34.5 Å². The van der Waals surface area contributed by atoms with Crippen LogP contribution in [-0.2, 0) is 6.42 Å². The molecule has 0 aliphatic carbocycles. The van der Waals surface area contributed by atoms with Gasteiger partial charge in [0.1, 0.15) is 17.8 Å². The van der Waals surface area contributed by atoms with Crippen molar-refractivity contribution in [3.8, 4) is 21.8 Å². The van der Waals surface area contributed by atoms with Crippen LogP contribution in [0, 0.1) is 10.1 Å². The summed E-state index contributed by atoms with van der Waals surface area (Å²) in [4.78, 5) is 31.2. The van der Waals surface area contributed by atoms with Gasteiger partial charge in [-0.05, 0) is 12.1 Å². The predicted molar refractivity (Wildman–Crippen MR) is 116 cm³/mol. The first-order valence-corrected chi connectivity index (χ1v) is 10.2. The molecule has 152 valence electrons. The summed E-state index contributed by atoms with van der Waals surface area (Å²) in [5, 5.41) is 14.3. The Balaban J connectivity index is 1.55. The minimum absolute atomic E-state index is 0.0607. The summed E-state index contributed by atoms with van der Waals surface area (Å²) in [5.74, 6) is 1.13. The second-order valence-electron chi connectivity index (χ2n) is 6.08. The van der Waals surface area contributed by atoms with Crippen molar-refractivity contribution in [2.75, 3.05) is 11.9 Å². The van der Waals surface area contributed by atoms with Crippen LogP contribution in [0.15, 0.2) is 43.1 Å². The molecule has 4 aromatic heterocycles. The van der Waals surface area contributed by atoms with Gasteiger partial charge in [-0.1, -0.05) is 23.2 Å². The molecule has 12 heteroatoms. The van der Waals surface area contributed by atoms with Gasteiger partial charge in [-0.25, -0.2) is 19.9 Å². The molecule has 0 spiro atoms. The van der Waals surface area contributed by atoms with Crippen molar-refractivity contribution in [2.24, 2.45) is 0 Å². The molecule has 4 aromatic rings. The second-order valence-corrected chi connectivity index (χ2v) is 8.17. The van der Waals surface area contributed by atoms with Crippen LogP contribution in [-0.4, -0.2) is 36.4 Å². The molecular weight excluding hydrogens is 449 g/mol. The van der Waals surface area contributed by atoms with Gasteiger partial charge >= 0.3 is 0 Å². The van der Waals surface area contributed by atoms with Crippen LogP contribution in [0.2, 0.25) is 9.36 Å². The monoisotopic (exact) mass is 461 g/mol. The predicted octanol–water partition coefficient (Wildman–Crippen LogP) is 4.86. The molecule has 0 aromatic carbocycles. The quantitative estimate of drug-likeness (QED) is 0.297. The van der Waals surface area contributed by atoms with Crippen LogP contribution in [0.4, 0.5) is 11.5 Å². The van der Waals surface area contributed by atoms with Gasteiger partial charge < -0.3 is 10.3 Å². The number of imidazole rings is 1. The Bertz CT molecular complexity index is 1180. The Hall–Kier alpha value is -3.08. The summed E-state index contributed by atoms with van der Waals surface area (Å²) in [6.07, 6.45) is 6.70. The van der Waals surface area contributed by atoms with E-state index in [0.29, 0.717) is 39.7 Å². The van der Waals surface area contributed by atoms with Crippen molar-refractivity contribution < 1.29 is 4.92 Å². The summed E-state index contributed by atoms with van der Waals surface area (Å²) in [6.45, 7) is 0.493. The number of pyridine rings is 1. The van der Waals surface area contributed by atoms with Gasteiger partial charge in [0.25, 0.3) is 5.69 Å². The average molecular weight is 462 g/mol. The van der Waals surface area contributed by atoms with Gasteiger partial charge in [-0.15, -0.1) is 11.3 Å². The number of thiophene rings is 1. The van der Waals surface area contributed by atoms with E-state index >= 15 is 0 Å². The fourth-order valence-corrected chi connectivity index (χ4v) is 4.27. The fourth-order valence-electron chi connectivity index (χ4n) is 2.72. The van der Waals surface area contributed by atoms with Crippen LogP contribution < -0.4 is 5.32 Å². The lowest BCUT2D eigenvalue weighted by Gasteiger charge is -2.09. The number of hydrogen-bond donors (Lipinski definition) is 2. The molecule has 0 bridgehead atoms. The number of aromatic nitrogens is 5. The van der Waals surface area contributed by atoms with Crippen molar-refractivity contribution in [1.29, 1.82) is 0 Å². The molecule has 4 heterocycles. The fraction of sp³-hybridized carbons (Fsp3) is 0.111. The first-order chi connectivity index (χ1) is 14.5. The van der Waals surface area contributed by atoms with Gasteiger partial charge in [0.05, 0.1) is 43.1 Å². The Morgan fingerprint density at radius 2 is 2.07 bits per heavy atom. The standard InChI is InChI=1S/C18H13Cl2N7O2S/c19-12-5-14(20)30-18(12)17-11(13-8-21-9-25-13)7-24-16(26-17)3-4-22-15-2-1-10(6-23-15)27(28)29/h1-2,5-9H,3-4H2,(H,21,25)(H,22,23). The molecule has 0 atom stereocenters. The normalized spacial score (nSPS) is 10.9. The number of anilines is 1. The lowest BCUT2D eigenvalue weighted by Crippen LogP contribution is -2.09. The molecule has 30 heavy (non-hydrogen) atoms. The van der Waals surface area contributed by atoms with Crippen molar-refractivity contribution in [3.05, 3.63) is 68.4 Å². The number of nitrogens with one attached hydrogen (secondary N) is 2. The maximum Gasteiger partial charge on any atom is 0.287 e. The average Bonchev–Trinajstić information content (AvgIpc) is 3.38. The number of aromatic amines is 1. The molecule has 0 aliphatic rings. The van der Waals surface area contributed by atoms with E-state index in [-0.39, 0.29) is 5.69 Å². The zero-order valence-corrected chi connectivity index (χ0v) is 17.5. The first kappa shape index (κ1) is 20.2. The molecule has 2 N–H and O–H groups in total. The second kappa shape index (κ2) is 8.74. The van der Waals surface area contributed by atoms with Crippen molar-refractivity contribution in [2.45, 2.75) is 6.42 Å². The highest BCUT2D eigenvalue weighted by Gasteiger charge is 2.18. The molecule has 0 saturated heterocycles. The number of H-pyrrole nitrogens is 1. The topological polar surface area (TPSA) is 123 Å². The van der Waals surface area contributed by atoms with Gasteiger partial charge in [-0.3, -0.25) is 10.1 Å². The van der Waals surface area contributed by atoms with E-state index in [2.05, 4.69) is 25.3 Å². The SMILES string of the molecule is O=[N+]([O-])c1ccc(NCCc2ncc(-c3cnc[nH]3)c(-c3sc(Cl)cc3Cl)n2)nc1. The van der Waals surface area contributed by atoms with Crippen LogP contribution in [0.3, 0.4) is 0 Å². The lowest BCUT2D eigenvalue weighted by molar-refractivity contribution is -0.385. The van der Waals surface area contributed by atoms with E-state index in [1.807, 2.05) is 0 Å². The molecule has 0 unspecified atom stereocenters. The maximum absolute atomic E-state index is 10.7. The van der Waals surface area contributed by atoms with E-state index in [1.54, 1.807) is 30.9 Å². The van der Waals surface area contributed by atoms with Crippen LogP contribution in [0.25, 0.3) is 21.8 Å². The number of halogens is 2. The van der Waals surface area contributed by atoms with Crippen molar-refractivity contribution in [1.82, 2.24) is 24.9 Å². The smallest absolute Gasteiger partial charge is 0.287 e. The van der Waals surface area contributed by atoms with E-state index in [0.717, 1.165) is 16.1 Å². The third-order valence-corrected chi connectivity index (χ3v) is 5.79. The van der Waals surface area contributed by atoms with Gasteiger partial charge in [0.15, 0.2) is 0 Å². The molecule has 0 saturated carbocycles. The number of hydrogen-bond acceptors (Lipinski definition) is 8. The molecule has 4 rings (SSSR count). The van der Waals surface area contributed by atoms with E-state index in [4.69, 9.17) is 28.2 Å². The maximum atomic E-state index is 10.7. The third-order valence-electron chi connectivity index (χ3n) is 4.11. The molecular formula is C18H13Cl2N7O2S. The Morgan fingerprint density at radius 1 is 1.20 bits per heavy atom. The largest absolute Gasteiger partial charge is 0.370 e. The highest BCUT2D eigenvalue weighted by molar-refractivity contribution is 7.20. The lowest BCUT2D eigenvalue weighted by atomic mass is 10.1. The molecule has 0 radical (unpaired) electrons. The number of rotatable bonds is 7. The first-order valence-electron chi connectivity index (χ1n) is 8.65. The summed E-state index contributed by atoms with van der Waals surface area (Å²) in [5.41, 5.74) is 2.14. The van der Waals surface area contributed by atoms with Gasteiger partial charge in [0.2, 0.25) is 0 Å².